The van der Waals surface area contributed by atoms with Gasteiger partial charge in [0.25, 0.3) is 0 Å². The molecule has 0 N–H and O–H groups in total. The van der Waals surface area contributed by atoms with E-state index in [1.54, 1.807) is 23.6 Å². The van der Waals surface area contributed by atoms with Gasteiger partial charge in [-0.2, -0.15) is 4.68 Å². The van der Waals surface area contributed by atoms with E-state index >= 15 is 0 Å². The Balaban J connectivity index is 2.23. The number of methoxy groups -OCH3 is 1. The summed E-state index contributed by atoms with van der Waals surface area (Å²) in [6.07, 6.45) is 1.10. The first kappa shape index (κ1) is 11.9. The molecule has 0 saturated carbocycles. The number of aromatic nitrogens is 4. The summed E-state index contributed by atoms with van der Waals surface area (Å²) >= 11 is 1.65. The Morgan fingerprint density at radius 3 is 2.71 bits per heavy atom. The standard InChI is InChI=1S/C11H14N4OS/c1-3-8-17-11-12-13-14-15(11)9-4-6-10(16-2)7-5-9/h4-7H,3,8H2,1-2H3. The first-order chi connectivity index (χ1) is 8.35. The van der Waals surface area contributed by atoms with Crippen LogP contribution in [0.5, 0.6) is 5.75 Å². The van der Waals surface area contributed by atoms with Gasteiger partial charge in [-0.1, -0.05) is 18.7 Å². The highest BCUT2D eigenvalue weighted by Gasteiger charge is 2.08. The Bertz CT molecular complexity index is 469. The van der Waals surface area contributed by atoms with Gasteiger partial charge in [0.2, 0.25) is 5.16 Å². The maximum Gasteiger partial charge on any atom is 0.214 e. The number of tetrazole rings is 1. The Morgan fingerprint density at radius 2 is 2.06 bits per heavy atom. The molecule has 0 bridgehead atoms. The summed E-state index contributed by atoms with van der Waals surface area (Å²) in [7, 11) is 1.65. The molecule has 17 heavy (non-hydrogen) atoms. The van der Waals surface area contributed by atoms with Crippen molar-refractivity contribution in [2.45, 2.75) is 18.5 Å². The normalized spacial score (nSPS) is 10.5. The van der Waals surface area contributed by atoms with E-state index in [2.05, 4.69) is 22.4 Å². The molecule has 0 aliphatic carbocycles. The largest absolute Gasteiger partial charge is 0.497 e. The quantitative estimate of drug-likeness (QED) is 0.761. The smallest absolute Gasteiger partial charge is 0.214 e. The molecule has 0 unspecified atom stereocenters. The van der Waals surface area contributed by atoms with Crippen LogP contribution >= 0.6 is 11.8 Å². The molecule has 0 spiro atoms. The van der Waals surface area contributed by atoms with Crippen molar-refractivity contribution in [2.24, 2.45) is 0 Å². The van der Waals surface area contributed by atoms with Gasteiger partial charge in [-0.15, -0.1) is 5.10 Å². The summed E-state index contributed by atoms with van der Waals surface area (Å²) in [6.45, 7) is 2.13. The Morgan fingerprint density at radius 1 is 1.29 bits per heavy atom. The van der Waals surface area contributed by atoms with Gasteiger partial charge in [0, 0.05) is 5.75 Å². The highest BCUT2D eigenvalue weighted by Crippen LogP contribution is 2.20. The molecule has 6 heteroatoms. The van der Waals surface area contributed by atoms with Crippen LogP contribution in [0.3, 0.4) is 0 Å². The summed E-state index contributed by atoms with van der Waals surface area (Å²) in [5.41, 5.74) is 0.939. The van der Waals surface area contributed by atoms with E-state index in [0.29, 0.717) is 0 Å². The number of nitrogens with zero attached hydrogens (tertiary/aromatic N) is 4. The van der Waals surface area contributed by atoms with Gasteiger partial charge < -0.3 is 4.74 Å². The summed E-state index contributed by atoms with van der Waals surface area (Å²) in [6, 6.07) is 7.66. The van der Waals surface area contributed by atoms with Gasteiger partial charge in [-0.3, -0.25) is 0 Å². The second-order valence-corrected chi connectivity index (χ2v) is 4.48. The zero-order valence-electron chi connectivity index (χ0n) is 9.83. The highest BCUT2D eigenvalue weighted by molar-refractivity contribution is 7.99. The van der Waals surface area contributed by atoms with Crippen LogP contribution in [-0.2, 0) is 0 Å². The lowest BCUT2D eigenvalue weighted by Gasteiger charge is -2.04. The fourth-order valence-corrected chi connectivity index (χ4v) is 2.09. The van der Waals surface area contributed by atoms with E-state index in [9.17, 15) is 0 Å². The van der Waals surface area contributed by atoms with E-state index < -0.39 is 0 Å². The predicted molar refractivity (Wildman–Crippen MR) is 66.7 cm³/mol. The molecule has 1 aromatic heterocycles. The van der Waals surface area contributed by atoms with Crippen LogP contribution in [0.4, 0.5) is 0 Å². The van der Waals surface area contributed by atoms with Gasteiger partial charge in [0.15, 0.2) is 0 Å². The maximum atomic E-state index is 5.12. The van der Waals surface area contributed by atoms with Gasteiger partial charge in [0.05, 0.1) is 12.8 Å². The van der Waals surface area contributed by atoms with E-state index in [4.69, 9.17) is 4.74 Å². The number of thioether (sulfide) groups is 1. The predicted octanol–water partition coefficient (Wildman–Crippen LogP) is 2.17. The molecule has 5 nitrogen and oxygen atoms in total. The molecule has 90 valence electrons. The van der Waals surface area contributed by atoms with Crippen LogP contribution in [0, 0.1) is 0 Å². The van der Waals surface area contributed by atoms with Crippen LogP contribution in [0.25, 0.3) is 5.69 Å². The molecule has 0 aliphatic rings. The number of rotatable bonds is 5. The van der Waals surface area contributed by atoms with E-state index in [0.717, 1.165) is 28.8 Å². The second-order valence-electron chi connectivity index (χ2n) is 3.42. The minimum atomic E-state index is 0.817. The lowest BCUT2D eigenvalue weighted by Crippen LogP contribution is -1.99. The fourth-order valence-electron chi connectivity index (χ4n) is 1.35. The van der Waals surface area contributed by atoms with Gasteiger partial charge in [-0.25, -0.2) is 0 Å². The summed E-state index contributed by atoms with van der Waals surface area (Å²) in [5, 5.41) is 12.5. The van der Waals surface area contributed by atoms with Crippen molar-refractivity contribution in [3.05, 3.63) is 24.3 Å². The third-order valence-corrected chi connectivity index (χ3v) is 3.32. The molecule has 1 aromatic carbocycles. The van der Waals surface area contributed by atoms with Crippen molar-refractivity contribution >= 4 is 11.8 Å². The topological polar surface area (TPSA) is 52.8 Å². The first-order valence-electron chi connectivity index (χ1n) is 5.40. The SMILES string of the molecule is CCCSc1nnnn1-c1ccc(OC)cc1. The van der Waals surface area contributed by atoms with Crippen LogP contribution in [-0.4, -0.2) is 33.1 Å². The van der Waals surface area contributed by atoms with Crippen LogP contribution in [0.2, 0.25) is 0 Å². The Hall–Kier alpha value is -1.56. The summed E-state index contributed by atoms with van der Waals surface area (Å²) in [4.78, 5) is 0. The van der Waals surface area contributed by atoms with E-state index in [1.807, 2.05) is 24.3 Å². The molecule has 1 heterocycles. The molecule has 0 amide bonds. The fraction of sp³-hybridized carbons (Fsp3) is 0.364. The van der Waals surface area contributed by atoms with Gasteiger partial charge in [-0.05, 0) is 41.1 Å². The first-order valence-corrected chi connectivity index (χ1v) is 6.39. The van der Waals surface area contributed by atoms with Crippen LogP contribution in [0.15, 0.2) is 29.4 Å². The van der Waals surface area contributed by atoms with Crippen molar-refractivity contribution in [3.8, 4) is 11.4 Å². The Labute approximate surface area is 104 Å². The maximum absolute atomic E-state index is 5.12. The van der Waals surface area contributed by atoms with Crippen LogP contribution < -0.4 is 4.74 Å². The molecule has 0 saturated heterocycles. The van der Waals surface area contributed by atoms with Crippen molar-refractivity contribution in [3.63, 3.8) is 0 Å². The number of ether oxygens (including phenoxy) is 1. The molecule has 0 radical (unpaired) electrons. The molecule has 0 atom stereocenters. The zero-order valence-corrected chi connectivity index (χ0v) is 10.6. The molecule has 0 aliphatic heterocycles. The number of benzene rings is 1. The highest BCUT2D eigenvalue weighted by atomic mass is 32.2. The Kier molecular flexibility index (Phi) is 3.98. The molecule has 2 aromatic rings. The third-order valence-electron chi connectivity index (χ3n) is 2.19. The van der Waals surface area contributed by atoms with Crippen molar-refractivity contribution in [2.75, 3.05) is 12.9 Å². The number of hydrogen-bond donors (Lipinski definition) is 0. The minimum Gasteiger partial charge on any atom is -0.497 e. The van der Waals surface area contributed by atoms with Crippen molar-refractivity contribution in [1.29, 1.82) is 0 Å². The van der Waals surface area contributed by atoms with Gasteiger partial charge in [0.1, 0.15) is 5.75 Å². The summed E-state index contributed by atoms with van der Waals surface area (Å²) < 4.78 is 6.85. The molecule has 0 fully saturated rings. The monoisotopic (exact) mass is 250 g/mol. The van der Waals surface area contributed by atoms with Gasteiger partial charge >= 0.3 is 0 Å². The lowest BCUT2D eigenvalue weighted by atomic mass is 10.3. The van der Waals surface area contributed by atoms with E-state index in [-0.39, 0.29) is 0 Å². The average molecular weight is 250 g/mol. The van der Waals surface area contributed by atoms with Crippen LogP contribution in [0.1, 0.15) is 13.3 Å². The molecular weight excluding hydrogens is 236 g/mol. The van der Waals surface area contributed by atoms with Crippen molar-refractivity contribution in [1.82, 2.24) is 20.2 Å². The molecular formula is C11H14N4OS. The lowest BCUT2D eigenvalue weighted by molar-refractivity contribution is 0.414. The minimum absolute atomic E-state index is 0.817. The summed E-state index contributed by atoms with van der Waals surface area (Å²) in [5.74, 6) is 1.83. The average Bonchev–Trinajstić information content (AvgIpc) is 2.84. The second kappa shape index (κ2) is 5.67. The zero-order chi connectivity index (χ0) is 12.1. The number of hydrogen-bond acceptors (Lipinski definition) is 5. The van der Waals surface area contributed by atoms with E-state index in [1.165, 1.54) is 0 Å². The third kappa shape index (κ3) is 2.76. The molecule has 2 rings (SSSR count). The van der Waals surface area contributed by atoms with Crippen molar-refractivity contribution < 1.29 is 4.74 Å².